The largest absolute Gasteiger partial charge is 0.340 e. The van der Waals surface area contributed by atoms with Crippen molar-refractivity contribution in [3.05, 3.63) is 83.4 Å². The summed E-state index contributed by atoms with van der Waals surface area (Å²) < 4.78 is 1.96. The van der Waals surface area contributed by atoms with Gasteiger partial charge in [0.1, 0.15) is 17.0 Å². The van der Waals surface area contributed by atoms with Crippen LogP contribution in [0.2, 0.25) is 0 Å². The van der Waals surface area contributed by atoms with Gasteiger partial charge in [0.15, 0.2) is 0 Å². The molecule has 1 N–H and O–H groups in total. The van der Waals surface area contributed by atoms with Crippen LogP contribution in [0.4, 0.5) is 11.5 Å². The number of likely N-dealkylation sites (N-methyl/N-ethyl adjacent to an activating group) is 1. The number of rotatable bonds is 7. The van der Waals surface area contributed by atoms with Crippen LogP contribution in [0.15, 0.2) is 67.3 Å². The lowest BCUT2D eigenvalue weighted by Gasteiger charge is -2.31. The monoisotopic (exact) mass is 566 g/mol. The number of hydrogen-bond acceptors (Lipinski definition) is 8. The molecule has 0 spiro atoms. The Labute approximate surface area is 243 Å². The number of fused-ring (bicyclic) bond motifs is 4. The van der Waals surface area contributed by atoms with E-state index in [1.807, 2.05) is 40.1 Å². The smallest absolute Gasteiger partial charge is 0.246 e. The number of thiophene rings is 1. The van der Waals surface area contributed by atoms with Crippen molar-refractivity contribution < 1.29 is 4.79 Å². The number of hydrogen-bond donors (Lipinski definition) is 1. The molecule has 41 heavy (non-hydrogen) atoms. The van der Waals surface area contributed by atoms with E-state index in [1.165, 1.54) is 10.4 Å². The minimum atomic E-state index is 0.0525. The summed E-state index contributed by atoms with van der Waals surface area (Å²) in [5.41, 5.74) is 4.25. The van der Waals surface area contributed by atoms with E-state index in [9.17, 15) is 4.79 Å². The first-order valence-corrected chi connectivity index (χ1v) is 14.6. The van der Waals surface area contributed by atoms with Gasteiger partial charge in [-0.1, -0.05) is 12.1 Å². The molecule has 0 radical (unpaired) electrons. The molecule has 0 fully saturated rings. The van der Waals surface area contributed by atoms with Crippen LogP contribution in [0.5, 0.6) is 0 Å². The highest BCUT2D eigenvalue weighted by Gasteiger charge is 2.26. The summed E-state index contributed by atoms with van der Waals surface area (Å²) in [4.78, 5) is 32.8. The molecule has 0 saturated carbocycles. The standard InChI is InChI=1S/C31H34N8OS/c1-31(2,3)37(4)14-7-9-27(40)38-15-12-24-26(19-38)41-30-28(24)29(33-20-34-30)36-22-10-11-25-21(16-22)17-35-39(25)18-23-8-5-6-13-32-23/h5-11,13,16-17,20H,12,14-15,18-19H2,1-4H3,(H,33,34,36). The SMILES string of the molecule is CN(CC=CC(=O)N1CCc2c(sc3ncnc(Nc4ccc5c(cnn5Cc5ccccn5)c4)c23)C1)C(C)(C)C. The van der Waals surface area contributed by atoms with Gasteiger partial charge in [0, 0.05) is 46.9 Å². The lowest BCUT2D eigenvalue weighted by molar-refractivity contribution is -0.126. The summed E-state index contributed by atoms with van der Waals surface area (Å²) >= 11 is 1.65. The molecule has 0 aliphatic carbocycles. The van der Waals surface area contributed by atoms with Gasteiger partial charge >= 0.3 is 0 Å². The first-order valence-electron chi connectivity index (χ1n) is 13.8. The van der Waals surface area contributed by atoms with Gasteiger partial charge in [0.2, 0.25) is 5.91 Å². The number of benzene rings is 1. The van der Waals surface area contributed by atoms with Gasteiger partial charge in [-0.3, -0.25) is 19.4 Å². The van der Waals surface area contributed by atoms with Crippen LogP contribution in [0.1, 0.15) is 36.9 Å². The minimum absolute atomic E-state index is 0.0525. The summed E-state index contributed by atoms with van der Waals surface area (Å²) in [5, 5.41) is 10.2. The molecule has 0 unspecified atom stereocenters. The van der Waals surface area contributed by atoms with Gasteiger partial charge in [-0.2, -0.15) is 5.10 Å². The quantitative estimate of drug-likeness (QED) is 0.264. The van der Waals surface area contributed by atoms with Crippen LogP contribution in [0.3, 0.4) is 0 Å². The molecule has 0 bridgehead atoms. The van der Waals surface area contributed by atoms with Gasteiger partial charge in [0.25, 0.3) is 0 Å². The molecule has 10 heteroatoms. The molecule has 4 aromatic heterocycles. The van der Waals surface area contributed by atoms with Gasteiger partial charge in [0.05, 0.1) is 35.9 Å². The predicted molar refractivity (Wildman–Crippen MR) is 164 cm³/mol. The van der Waals surface area contributed by atoms with Crippen LogP contribution >= 0.6 is 11.3 Å². The van der Waals surface area contributed by atoms with Gasteiger partial charge < -0.3 is 10.2 Å². The normalized spacial score (nSPS) is 13.9. The third-order valence-corrected chi connectivity index (χ3v) is 8.80. The van der Waals surface area contributed by atoms with Crippen molar-refractivity contribution in [2.75, 3.05) is 25.5 Å². The molecular formula is C31H34N8OS. The van der Waals surface area contributed by atoms with Crippen molar-refractivity contribution in [3.63, 3.8) is 0 Å². The molecule has 1 aliphatic rings. The Morgan fingerprint density at radius 3 is 2.85 bits per heavy atom. The Morgan fingerprint density at radius 1 is 1.17 bits per heavy atom. The highest BCUT2D eigenvalue weighted by Crippen LogP contribution is 2.38. The maximum absolute atomic E-state index is 12.9. The zero-order chi connectivity index (χ0) is 28.6. The molecule has 5 aromatic rings. The minimum Gasteiger partial charge on any atom is -0.340 e. The fourth-order valence-corrected chi connectivity index (χ4v) is 6.18. The zero-order valence-electron chi connectivity index (χ0n) is 23.8. The van der Waals surface area contributed by atoms with E-state index in [0.717, 1.165) is 51.3 Å². The number of carbonyl (C=O) groups is 1. The Bertz CT molecular complexity index is 1730. The molecule has 5 heterocycles. The molecule has 0 atom stereocenters. The molecule has 1 aromatic carbocycles. The number of nitrogens with zero attached hydrogens (tertiary/aromatic N) is 7. The number of amides is 1. The number of aromatic nitrogens is 5. The van der Waals surface area contributed by atoms with E-state index >= 15 is 0 Å². The highest BCUT2D eigenvalue weighted by molar-refractivity contribution is 7.19. The summed E-state index contributed by atoms with van der Waals surface area (Å²) in [7, 11) is 2.07. The average molecular weight is 567 g/mol. The van der Waals surface area contributed by atoms with Crippen molar-refractivity contribution in [3.8, 4) is 0 Å². The van der Waals surface area contributed by atoms with E-state index in [0.29, 0.717) is 19.6 Å². The van der Waals surface area contributed by atoms with Crippen molar-refractivity contribution in [1.29, 1.82) is 0 Å². The Kier molecular flexibility index (Phi) is 7.27. The summed E-state index contributed by atoms with van der Waals surface area (Å²) in [6.45, 7) is 9.12. The van der Waals surface area contributed by atoms with Gasteiger partial charge in [-0.25, -0.2) is 9.97 Å². The zero-order valence-corrected chi connectivity index (χ0v) is 24.6. The maximum Gasteiger partial charge on any atom is 0.246 e. The molecular weight excluding hydrogens is 532 g/mol. The van der Waals surface area contributed by atoms with Crippen molar-refractivity contribution in [2.24, 2.45) is 0 Å². The maximum atomic E-state index is 12.9. The van der Waals surface area contributed by atoms with E-state index in [2.05, 4.69) is 76.3 Å². The molecule has 6 rings (SSSR count). The van der Waals surface area contributed by atoms with Crippen LogP contribution in [0.25, 0.3) is 21.1 Å². The fourth-order valence-electron chi connectivity index (χ4n) is 4.97. The summed E-state index contributed by atoms with van der Waals surface area (Å²) in [6, 6.07) is 12.1. The average Bonchev–Trinajstić information content (AvgIpc) is 3.53. The van der Waals surface area contributed by atoms with E-state index < -0.39 is 0 Å². The Morgan fingerprint density at radius 2 is 2.05 bits per heavy atom. The van der Waals surface area contributed by atoms with Crippen LogP contribution in [-0.2, 0) is 24.3 Å². The van der Waals surface area contributed by atoms with Gasteiger partial charge in [-0.15, -0.1) is 11.3 Å². The number of nitrogens with one attached hydrogen (secondary N) is 1. The van der Waals surface area contributed by atoms with Gasteiger partial charge in [-0.05, 0) is 70.1 Å². The second-order valence-electron chi connectivity index (χ2n) is 11.4. The lowest BCUT2D eigenvalue weighted by atomic mass is 10.0. The van der Waals surface area contributed by atoms with Crippen LogP contribution in [-0.4, -0.2) is 66.1 Å². The van der Waals surface area contributed by atoms with E-state index in [-0.39, 0.29) is 11.4 Å². The second kappa shape index (κ2) is 11.0. The third-order valence-electron chi connectivity index (χ3n) is 7.68. The first kappa shape index (κ1) is 27.0. The van der Waals surface area contributed by atoms with Crippen LogP contribution in [0, 0.1) is 0 Å². The highest BCUT2D eigenvalue weighted by atomic mass is 32.1. The number of carbonyl (C=O) groups excluding carboxylic acids is 1. The summed E-state index contributed by atoms with van der Waals surface area (Å²) in [5.74, 6) is 0.842. The van der Waals surface area contributed by atoms with E-state index in [1.54, 1.807) is 29.9 Å². The second-order valence-corrected chi connectivity index (χ2v) is 12.5. The third kappa shape index (κ3) is 5.71. The molecule has 1 amide bonds. The fraction of sp³-hybridized carbons (Fsp3) is 0.323. The number of pyridine rings is 1. The summed E-state index contributed by atoms with van der Waals surface area (Å²) in [6.07, 6.45) is 9.73. The molecule has 1 aliphatic heterocycles. The first-order chi connectivity index (χ1) is 19.8. The van der Waals surface area contributed by atoms with Crippen molar-refractivity contribution in [2.45, 2.75) is 45.8 Å². The Hall–Kier alpha value is -4.15. The lowest BCUT2D eigenvalue weighted by Crippen LogP contribution is -2.38. The Balaban J connectivity index is 1.19. The van der Waals surface area contributed by atoms with Crippen molar-refractivity contribution in [1.82, 2.24) is 34.5 Å². The van der Waals surface area contributed by atoms with Crippen molar-refractivity contribution >= 4 is 49.9 Å². The molecule has 0 saturated heterocycles. The van der Waals surface area contributed by atoms with E-state index in [4.69, 9.17) is 0 Å². The topological polar surface area (TPSA) is 92.1 Å². The molecule has 9 nitrogen and oxygen atoms in total. The van der Waals surface area contributed by atoms with Crippen LogP contribution < -0.4 is 5.32 Å². The predicted octanol–water partition coefficient (Wildman–Crippen LogP) is 5.40. The molecule has 210 valence electrons. The number of anilines is 2.